The molecule has 2 amide bonds. The Bertz CT molecular complexity index is 1050. The number of benzene rings is 2. The molecular formula is C28H34N2O5. The summed E-state index contributed by atoms with van der Waals surface area (Å²) >= 11 is 0. The lowest BCUT2D eigenvalue weighted by Gasteiger charge is -2.45. The molecule has 0 bridgehead atoms. The largest absolute Gasteiger partial charge is 0.481 e. The van der Waals surface area contributed by atoms with Gasteiger partial charge in [-0.25, -0.2) is 4.79 Å². The zero-order chi connectivity index (χ0) is 25.0. The highest BCUT2D eigenvalue weighted by Gasteiger charge is 2.42. The van der Waals surface area contributed by atoms with Gasteiger partial charge in [0.15, 0.2) is 0 Å². The average Bonchev–Trinajstić information content (AvgIpc) is 3.19. The predicted molar refractivity (Wildman–Crippen MR) is 133 cm³/mol. The molecule has 2 aliphatic carbocycles. The van der Waals surface area contributed by atoms with Crippen molar-refractivity contribution >= 4 is 18.0 Å². The van der Waals surface area contributed by atoms with Crippen LogP contribution < -0.4 is 5.32 Å². The summed E-state index contributed by atoms with van der Waals surface area (Å²) in [5.74, 6) is -1.25. The summed E-state index contributed by atoms with van der Waals surface area (Å²) in [5.41, 5.74) is 3.83. The van der Waals surface area contributed by atoms with Crippen LogP contribution in [0.25, 0.3) is 11.1 Å². The lowest BCUT2D eigenvalue weighted by atomic mass is 9.77. The van der Waals surface area contributed by atoms with Crippen LogP contribution in [-0.2, 0) is 14.3 Å². The van der Waals surface area contributed by atoms with Crippen molar-refractivity contribution in [3.63, 3.8) is 0 Å². The van der Waals surface area contributed by atoms with Crippen molar-refractivity contribution in [2.45, 2.75) is 69.4 Å². The lowest BCUT2D eigenvalue weighted by Crippen LogP contribution is -2.57. The van der Waals surface area contributed by atoms with Crippen LogP contribution in [0.2, 0.25) is 0 Å². The summed E-state index contributed by atoms with van der Waals surface area (Å²) in [6, 6.07) is 15.5. The second-order valence-electron chi connectivity index (χ2n) is 9.68. The fraction of sp³-hybridized carbons (Fsp3) is 0.464. The van der Waals surface area contributed by atoms with E-state index in [0.717, 1.165) is 41.5 Å². The maximum Gasteiger partial charge on any atom is 0.407 e. The highest BCUT2D eigenvalue weighted by atomic mass is 16.5. The van der Waals surface area contributed by atoms with E-state index in [1.807, 2.05) is 31.2 Å². The molecule has 0 radical (unpaired) electrons. The Labute approximate surface area is 206 Å². The van der Waals surface area contributed by atoms with Crippen molar-refractivity contribution in [2.24, 2.45) is 0 Å². The summed E-state index contributed by atoms with van der Waals surface area (Å²) in [6.07, 6.45) is 3.79. The van der Waals surface area contributed by atoms with E-state index in [4.69, 9.17) is 4.74 Å². The zero-order valence-corrected chi connectivity index (χ0v) is 20.5. The van der Waals surface area contributed by atoms with E-state index in [2.05, 4.69) is 29.6 Å². The van der Waals surface area contributed by atoms with Crippen LogP contribution in [-0.4, -0.2) is 53.2 Å². The fourth-order valence-electron chi connectivity index (χ4n) is 5.71. The Morgan fingerprint density at radius 1 is 1.03 bits per heavy atom. The number of hydrogen-bond acceptors (Lipinski definition) is 4. The molecule has 2 aromatic carbocycles. The number of alkyl carbamates (subject to hydrolysis) is 1. The maximum atomic E-state index is 13.3. The number of nitrogens with one attached hydrogen (secondary N) is 1. The van der Waals surface area contributed by atoms with Crippen molar-refractivity contribution in [1.82, 2.24) is 10.2 Å². The Hall–Kier alpha value is -3.35. The first-order valence-electron chi connectivity index (χ1n) is 12.5. The molecular weight excluding hydrogens is 444 g/mol. The van der Waals surface area contributed by atoms with Gasteiger partial charge in [-0.1, -0.05) is 74.7 Å². The van der Waals surface area contributed by atoms with Crippen molar-refractivity contribution in [3.05, 3.63) is 59.7 Å². The first-order valence-corrected chi connectivity index (χ1v) is 12.5. The Morgan fingerprint density at radius 2 is 1.60 bits per heavy atom. The van der Waals surface area contributed by atoms with E-state index in [1.165, 1.54) is 0 Å². The van der Waals surface area contributed by atoms with Gasteiger partial charge in [-0.05, 0) is 41.5 Å². The highest BCUT2D eigenvalue weighted by Crippen LogP contribution is 2.44. The number of fused-ring (bicyclic) bond motifs is 3. The van der Waals surface area contributed by atoms with E-state index in [-0.39, 0.29) is 24.9 Å². The molecule has 0 unspecified atom stereocenters. The number of amides is 2. The van der Waals surface area contributed by atoms with Crippen molar-refractivity contribution in [2.75, 3.05) is 13.7 Å². The zero-order valence-electron chi connectivity index (χ0n) is 20.5. The van der Waals surface area contributed by atoms with Crippen molar-refractivity contribution in [1.29, 1.82) is 0 Å². The molecule has 186 valence electrons. The van der Waals surface area contributed by atoms with Crippen molar-refractivity contribution in [3.8, 4) is 11.1 Å². The Balaban J connectivity index is 1.42. The van der Waals surface area contributed by atoms with Crippen LogP contribution in [0.5, 0.6) is 0 Å². The fourth-order valence-corrected chi connectivity index (χ4v) is 5.71. The summed E-state index contributed by atoms with van der Waals surface area (Å²) in [5, 5.41) is 12.2. The van der Waals surface area contributed by atoms with Gasteiger partial charge in [0.05, 0.1) is 12.0 Å². The quantitative estimate of drug-likeness (QED) is 0.560. The number of ether oxygens (including phenoxy) is 1. The van der Waals surface area contributed by atoms with Gasteiger partial charge in [-0.2, -0.15) is 0 Å². The standard InChI is InChI=1S/C28H34N2O5/c1-3-24(26(33)30(2)28(17-25(31)32)15-9-4-10-16-28)29-27(34)35-18-23-21-13-7-5-11-19(21)20-12-6-8-14-22(20)23/h5-8,11-14,23-24H,3-4,9-10,15-18H2,1-2H3,(H,29,34)(H,31,32)/t24-/m0/s1. The highest BCUT2D eigenvalue weighted by molar-refractivity contribution is 5.86. The van der Waals surface area contributed by atoms with E-state index in [9.17, 15) is 19.5 Å². The average molecular weight is 479 g/mol. The minimum atomic E-state index is -0.913. The second-order valence-corrected chi connectivity index (χ2v) is 9.68. The number of carbonyl (C=O) groups is 3. The third-order valence-corrected chi connectivity index (χ3v) is 7.65. The van der Waals surface area contributed by atoms with Crippen molar-refractivity contribution < 1.29 is 24.2 Å². The van der Waals surface area contributed by atoms with Gasteiger partial charge < -0.3 is 20.1 Å². The summed E-state index contributed by atoms with van der Waals surface area (Å²) < 4.78 is 5.62. The van der Waals surface area contributed by atoms with Gasteiger partial charge in [0, 0.05) is 13.0 Å². The molecule has 4 rings (SSSR count). The third kappa shape index (κ3) is 5.04. The molecule has 35 heavy (non-hydrogen) atoms. The molecule has 2 aromatic rings. The van der Waals surface area contributed by atoms with Gasteiger partial charge in [-0.15, -0.1) is 0 Å². The number of rotatable bonds is 8. The second kappa shape index (κ2) is 10.5. The minimum Gasteiger partial charge on any atom is -0.481 e. The van der Waals surface area contributed by atoms with Crippen LogP contribution in [0.3, 0.4) is 0 Å². The molecule has 1 fully saturated rings. The Kier molecular flexibility index (Phi) is 7.43. The first-order chi connectivity index (χ1) is 16.9. The lowest BCUT2D eigenvalue weighted by molar-refractivity contribution is -0.147. The molecule has 0 aliphatic heterocycles. The molecule has 1 saturated carbocycles. The number of carbonyl (C=O) groups excluding carboxylic acids is 2. The van der Waals surface area contributed by atoms with Crippen LogP contribution in [0.1, 0.15) is 68.9 Å². The number of carboxylic acids is 1. The molecule has 0 saturated heterocycles. The smallest absolute Gasteiger partial charge is 0.407 e. The van der Waals surface area contributed by atoms with E-state index in [1.54, 1.807) is 11.9 Å². The van der Waals surface area contributed by atoms with E-state index in [0.29, 0.717) is 19.3 Å². The van der Waals surface area contributed by atoms with Crippen LogP contribution in [0, 0.1) is 0 Å². The normalized spacial score (nSPS) is 17.1. The molecule has 2 N–H and O–H groups in total. The third-order valence-electron chi connectivity index (χ3n) is 7.65. The topological polar surface area (TPSA) is 95.9 Å². The monoisotopic (exact) mass is 478 g/mol. The molecule has 0 spiro atoms. The van der Waals surface area contributed by atoms with Gasteiger partial charge in [0.25, 0.3) is 0 Å². The molecule has 0 aromatic heterocycles. The molecule has 0 heterocycles. The summed E-state index contributed by atoms with van der Waals surface area (Å²) in [7, 11) is 1.67. The number of hydrogen-bond donors (Lipinski definition) is 2. The van der Waals surface area contributed by atoms with Gasteiger partial charge in [0.1, 0.15) is 12.6 Å². The van der Waals surface area contributed by atoms with E-state index < -0.39 is 23.6 Å². The Morgan fingerprint density at radius 3 is 2.14 bits per heavy atom. The van der Waals surface area contributed by atoms with Crippen LogP contribution >= 0.6 is 0 Å². The first kappa shape index (κ1) is 24.8. The van der Waals surface area contributed by atoms with E-state index >= 15 is 0 Å². The van der Waals surface area contributed by atoms with Gasteiger partial charge in [-0.3, -0.25) is 9.59 Å². The molecule has 1 atom stereocenters. The molecule has 7 nitrogen and oxygen atoms in total. The summed E-state index contributed by atoms with van der Waals surface area (Å²) in [6.45, 7) is 1.99. The number of aliphatic carboxylic acids is 1. The molecule has 2 aliphatic rings. The number of likely N-dealkylation sites (N-methyl/N-ethyl adjacent to an activating group) is 1. The predicted octanol–water partition coefficient (Wildman–Crippen LogP) is 4.94. The number of nitrogens with zero attached hydrogens (tertiary/aromatic N) is 1. The molecule has 7 heteroatoms. The minimum absolute atomic E-state index is 0.0623. The maximum absolute atomic E-state index is 13.3. The van der Waals surface area contributed by atoms with Crippen LogP contribution in [0.4, 0.5) is 4.79 Å². The van der Waals surface area contributed by atoms with Crippen LogP contribution in [0.15, 0.2) is 48.5 Å². The van der Waals surface area contributed by atoms with Gasteiger partial charge in [0.2, 0.25) is 5.91 Å². The number of carboxylic acid groups (broad SMARTS) is 1. The van der Waals surface area contributed by atoms with Gasteiger partial charge >= 0.3 is 12.1 Å². The SMILES string of the molecule is CC[C@H](NC(=O)OCC1c2ccccc2-c2ccccc21)C(=O)N(C)C1(CC(=O)O)CCCCC1. The summed E-state index contributed by atoms with van der Waals surface area (Å²) in [4.78, 5) is 39.2.